The Morgan fingerprint density at radius 1 is 1.00 bits per heavy atom. The van der Waals surface area contributed by atoms with Gasteiger partial charge in [-0.3, -0.25) is 4.79 Å². The minimum absolute atomic E-state index is 0.140. The van der Waals surface area contributed by atoms with Crippen LogP contribution in [0.4, 0.5) is 0 Å². The summed E-state index contributed by atoms with van der Waals surface area (Å²) >= 11 is 0. The molecule has 0 N–H and O–H groups in total. The lowest BCUT2D eigenvalue weighted by molar-refractivity contribution is -0.140. The molecule has 0 unspecified atom stereocenters. The highest BCUT2D eigenvalue weighted by Gasteiger charge is 2.35. The van der Waals surface area contributed by atoms with Crippen LogP contribution in [0.3, 0.4) is 0 Å². The second-order valence-electron chi connectivity index (χ2n) is 6.36. The Balaban J connectivity index is 1.94. The highest BCUT2D eigenvalue weighted by molar-refractivity contribution is 5.68. The molecule has 136 valence electrons. The second kappa shape index (κ2) is 14.0. The lowest BCUT2D eigenvalue weighted by Gasteiger charge is -1.97. The van der Waals surface area contributed by atoms with Gasteiger partial charge < -0.3 is 9.47 Å². The third kappa shape index (κ3) is 11.2. The molecule has 0 saturated carbocycles. The lowest BCUT2D eigenvalue weighted by Crippen LogP contribution is -2.01. The van der Waals surface area contributed by atoms with Crippen molar-refractivity contribution in [2.45, 2.75) is 83.3 Å². The summed E-state index contributed by atoms with van der Waals surface area (Å²) in [6, 6.07) is 0. The van der Waals surface area contributed by atoms with E-state index in [0.29, 0.717) is 6.42 Å². The summed E-state index contributed by atoms with van der Waals surface area (Å²) in [5, 5.41) is 0. The predicted molar refractivity (Wildman–Crippen MR) is 99.9 cm³/mol. The zero-order valence-electron chi connectivity index (χ0n) is 15.4. The van der Waals surface area contributed by atoms with Crippen molar-refractivity contribution < 1.29 is 14.3 Å². The highest BCUT2D eigenvalue weighted by Crippen LogP contribution is 2.28. The van der Waals surface area contributed by atoms with E-state index in [1.54, 1.807) is 0 Å². The van der Waals surface area contributed by atoms with Crippen LogP contribution in [-0.4, -0.2) is 25.3 Å². The second-order valence-corrected chi connectivity index (χ2v) is 6.36. The van der Waals surface area contributed by atoms with Gasteiger partial charge in [-0.05, 0) is 25.7 Å². The van der Waals surface area contributed by atoms with Crippen LogP contribution in [0.15, 0.2) is 36.5 Å². The molecule has 0 spiro atoms. The Morgan fingerprint density at radius 2 is 1.75 bits per heavy atom. The molecule has 0 aromatic carbocycles. The molecule has 3 heteroatoms. The quantitative estimate of drug-likeness (QED) is 0.182. The summed E-state index contributed by atoms with van der Waals surface area (Å²) in [6.07, 6.45) is 24.6. The van der Waals surface area contributed by atoms with Crippen LogP contribution in [-0.2, 0) is 14.3 Å². The van der Waals surface area contributed by atoms with Gasteiger partial charge in [-0.2, -0.15) is 0 Å². The number of carbonyl (C=O) groups is 1. The van der Waals surface area contributed by atoms with Crippen molar-refractivity contribution in [2.24, 2.45) is 0 Å². The van der Waals surface area contributed by atoms with Crippen LogP contribution >= 0.6 is 0 Å². The van der Waals surface area contributed by atoms with Crippen molar-refractivity contribution in [1.82, 2.24) is 0 Å². The molecular formula is C21H34O3. The number of ether oxygens (including phenoxy) is 2. The fourth-order valence-corrected chi connectivity index (χ4v) is 2.63. The van der Waals surface area contributed by atoms with Gasteiger partial charge in [-0.15, -0.1) is 0 Å². The average Bonchev–Trinajstić information content (AvgIpc) is 3.34. The molecule has 3 nitrogen and oxygen atoms in total. The minimum Gasteiger partial charge on any atom is -0.469 e. The number of esters is 1. The number of unbranched alkanes of at least 4 members (excludes halogenated alkanes) is 6. The van der Waals surface area contributed by atoms with Crippen molar-refractivity contribution in [1.29, 1.82) is 0 Å². The molecule has 24 heavy (non-hydrogen) atoms. The minimum atomic E-state index is -0.140. The SMILES string of the molecule is CCCCCCCC/C=C/C=C/C=C\[C@@H]1O[C@H]1CCCC(=O)OC. The first kappa shape index (κ1) is 20.7. The number of methoxy groups -OCH3 is 1. The monoisotopic (exact) mass is 334 g/mol. The Morgan fingerprint density at radius 3 is 2.54 bits per heavy atom. The molecule has 1 heterocycles. The number of rotatable bonds is 14. The van der Waals surface area contributed by atoms with Crippen molar-refractivity contribution in [3.8, 4) is 0 Å². The fraction of sp³-hybridized carbons (Fsp3) is 0.667. The topological polar surface area (TPSA) is 38.8 Å². The largest absolute Gasteiger partial charge is 0.469 e. The van der Waals surface area contributed by atoms with Crippen LogP contribution in [0.1, 0.15) is 71.1 Å². The third-order valence-corrected chi connectivity index (χ3v) is 4.21. The summed E-state index contributed by atoms with van der Waals surface area (Å²) in [4.78, 5) is 11.0. The van der Waals surface area contributed by atoms with Crippen molar-refractivity contribution in [3.63, 3.8) is 0 Å². The lowest BCUT2D eigenvalue weighted by atomic mass is 10.1. The Hall–Kier alpha value is -1.35. The van der Waals surface area contributed by atoms with Gasteiger partial charge in [0.05, 0.1) is 13.2 Å². The van der Waals surface area contributed by atoms with Crippen molar-refractivity contribution in [3.05, 3.63) is 36.5 Å². The average molecular weight is 335 g/mol. The van der Waals surface area contributed by atoms with Gasteiger partial charge in [0.25, 0.3) is 0 Å². The van der Waals surface area contributed by atoms with Crippen molar-refractivity contribution in [2.75, 3.05) is 7.11 Å². The maximum Gasteiger partial charge on any atom is 0.305 e. The van der Waals surface area contributed by atoms with Crippen LogP contribution in [0.2, 0.25) is 0 Å². The maximum absolute atomic E-state index is 11.0. The Bertz CT molecular complexity index is 409. The summed E-state index contributed by atoms with van der Waals surface area (Å²) < 4.78 is 10.2. The zero-order valence-corrected chi connectivity index (χ0v) is 15.4. The number of hydrogen-bond acceptors (Lipinski definition) is 3. The van der Waals surface area contributed by atoms with E-state index in [0.717, 1.165) is 12.8 Å². The standard InChI is InChI=1S/C21H34O3/c1-3-4-5-6-7-8-9-10-11-12-13-14-16-19-20(24-19)17-15-18-21(22)23-2/h10-14,16,19-20H,3-9,15,17-18H2,1-2H3/b11-10+,13-12+,16-14-/t19-,20-/m0/s1. The molecule has 0 aromatic heterocycles. The highest BCUT2D eigenvalue weighted by atomic mass is 16.6. The molecule has 0 aliphatic carbocycles. The molecule has 1 aliphatic heterocycles. The van der Waals surface area contributed by atoms with Gasteiger partial charge in [0.2, 0.25) is 0 Å². The summed E-state index contributed by atoms with van der Waals surface area (Å²) in [5.41, 5.74) is 0. The summed E-state index contributed by atoms with van der Waals surface area (Å²) in [6.45, 7) is 2.25. The van der Waals surface area contributed by atoms with E-state index in [1.165, 1.54) is 52.1 Å². The van der Waals surface area contributed by atoms with E-state index in [-0.39, 0.29) is 18.2 Å². The molecule has 1 rings (SSSR count). The first-order valence-corrected chi connectivity index (χ1v) is 9.50. The molecule has 0 amide bonds. The number of allylic oxidation sites excluding steroid dienone is 5. The zero-order chi connectivity index (χ0) is 17.5. The molecule has 0 aromatic rings. The van der Waals surface area contributed by atoms with Crippen LogP contribution in [0, 0.1) is 0 Å². The summed E-state index contributed by atoms with van der Waals surface area (Å²) in [5.74, 6) is -0.140. The maximum atomic E-state index is 11.0. The molecule has 0 bridgehead atoms. The van der Waals surface area contributed by atoms with Gasteiger partial charge >= 0.3 is 5.97 Å². The smallest absolute Gasteiger partial charge is 0.305 e. The van der Waals surface area contributed by atoms with Gasteiger partial charge in [0.15, 0.2) is 0 Å². The van der Waals surface area contributed by atoms with Crippen LogP contribution < -0.4 is 0 Å². The van der Waals surface area contributed by atoms with Crippen molar-refractivity contribution >= 4 is 5.97 Å². The van der Waals surface area contributed by atoms with Gasteiger partial charge in [-0.1, -0.05) is 75.5 Å². The fourth-order valence-electron chi connectivity index (χ4n) is 2.63. The molecule has 2 atom stereocenters. The molecule has 1 aliphatic rings. The van der Waals surface area contributed by atoms with E-state index in [9.17, 15) is 4.79 Å². The number of carbonyl (C=O) groups excluding carboxylic acids is 1. The molecule has 1 fully saturated rings. The van der Waals surface area contributed by atoms with Gasteiger partial charge in [0, 0.05) is 6.42 Å². The molecule has 0 radical (unpaired) electrons. The van der Waals surface area contributed by atoms with Gasteiger partial charge in [-0.25, -0.2) is 0 Å². The normalized spacial score (nSPS) is 20.4. The van der Waals surface area contributed by atoms with E-state index in [4.69, 9.17) is 4.74 Å². The Labute approximate surface area is 147 Å². The first-order chi connectivity index (χ1) is 11.8. The van der Waals surface area contributed by atoms with E-state index in [1.807, 2.05) is 12.2 Å². The molecular weight excluding hydrogens is 300 g/mol. The summed E-state index contributed by atoms with van der Waals surface area (Å²) in [7, 11) is 1.43. The Kier molecular flexibility index (Phi) is 12.1. The predicted octanol–water partition coefficient (Wildman–Crippen LogP) is 5.52. The van der Waals surface area contributed by atoms with Crippen LogP contribution in [0.5, 0.6) is 0 Å². The molecule has 1 saturated heterocycles. The number of epoxide rings is 1. The third-order valence-electron chi connectivity index (χ3n) is 4.21. The first-order valence-electron chi connectivity index (χ1n) is 9.50. The van der Waals surface area contributed by atoms with Crippen LogP contribution in [0.25, 0.3) is 0 Å². The van der Waals surface area contributed by atoms with E-state index in [2.05, 4.69) is 36.0 Å². The van der Waals surface area contributed by atoms with E-state index >= 15 is 0 Å². The van der Waals surface area contributed by atoms with E-state index < -0.39 is 0 Å². The van der Waals surface area contributed by atoms with Gasteiger partial charge in [0.1, 0.15) is 6.10 Å². The number of hydrogen-bond donors (Lipinski definition) is 0.